The smallest absolute Gasteiger partial charge is 0.149 e. The van der Waals surface area contributed by atoms with E-state index >= 15 is 0 Å². The highest BCUT2D eigenvalue weighted by molar-refractivity contribution is 5.78. The minimum absolute atomic E-state index is 0.120. The third-order valence-electron chi connectivity index (χ3n) is 3.18. The molecule has 0 amide bonds. The molecule has 1 rings (SSSR count). The highest BCUT2D eigenvalue weighted by Gasteiger charge is 2.07. The van der Waals surface area contributed by atoms with Crippen molar-refractivity contribution in [3.8, 4) is 0 Å². The number of halogens is 1. The summed E-state index contributed by atoms with van der Waals surface area (Å²) in [5.74, 6) is -0.0926. The van der Waals surface area contributed by atoms with Gasteiger partial charge >= 0.3 is 0 Å². The molecule has 0 N–H and O–H groups in total. The molecule has 20 heavy (non-hydrogen) atoms. The fraction of sp³-hybridized carbons (Fsp3) is 0.353. The van der Waals surface area contributed by atoms with Crippen LogP contribution in [-0.4, -0.2) is 24.3 Å². The third-order valence-corrected chi connectivity index (χ3v) is 3.18. The Bertz CT molecular complexity index is 546. The van der Waals surface area contributed by atoms with Gasteiger partial charge in [-0.05, 0) is 55.2 Å². The predicted octanol–water partition coefficient (Wildman–Crippen LogP) is 3.96. The number of allylic oxidation sites excluding steroid dienone is 3. The predicted molar refractivity (Wildman–Crippen MR) is 81.9 cm³/mol. The molecule has 0 aliphatic carbocycles. The molecular formula is C17H22FNO. The summed E-state index contributed by atoms with van der Waals surface area (Å²) in [6, 6.07) is 4.96. The molecule has 0 aliphatic rings. The first-order valence-corrected chi connectivity index (χ1v) is 6.71. The molecule has 0 saturated carbocycles. The Morgan fingerprint density at radius 1 is 1.45 bits per heavy atom. The largest absolute Gasteiger partial charge is 0.371 e. The SMILES string of the molecule is C=C(/C=C(/CC)N(C)CC(C)=O)c1ccc(F)c(C)c1. The Kier molecular flexibility index (Phi) is 5.68. The number of hydrogen-bond donors (Lipinski definition) is 0. The van der Waals surface area contributed by atoms with Crippen molar-refractivity contribution in [1.82, 2.24) is 4.90 Å². The van der Waals surface area contributed by atoms with Crippen molar-refractivity contribution in [2.45, 2.75) is 27.2 Å². The van der Waals surface area contributed by atoms with Gasteiger partial charge in [0.25, 0.3) is 0 Å². The molecule has 1 aromatic rings. The molecule has 0 aromatic heterocycles. The number of carbonyl (C=O) groups is 1. The molecule has 0 atom stereocenters. The quantitative estimate of drug-likeness (QED) is 0.732. The van der Waals surface area contributed by atoms with Crippen molar-refractivity contribution in [1.29, 1.82) is 0 Å². The maximum Gasteiger partial charge on any atom is 0.149 e. The maximum absolute atomic E-state index is 13.3. The first-order chi connectivity index (χ1) is 9.35. The standard InChI is InChI=1S/C17H22FNO/c1-6-16(19(5)11-14(4)20)10-12(2)15-7-8-17(18)13(3)9-15/h7-10H,2,6,11H2,1,3-5H3/b16-10-. The lowest BCUT2D eigenvalue weighted by molar-refractivity contribution is -0.117. The summed E-state index contributed by atoms with van der Waals surface area (Å²) in [6.07, 6.45) is 2.76. The average Bonchev–Trinajstić information content (AvgIpc) is 2.37. The number of aryl methyl sites for hydroxylation is 1. The Morgan fingerprint density at radius 3 is 2.60 bits per heavy atom. The lowest BCUT2D eigenvalue weighted by Crippen LogP contribution is -2.23. The first-order valence-electron chi connectivity index (χ1n) is 6.71. The van der Waals surface area contributed by atoms with Crippen molar-refractivity contribution in [2.75, 3.05) is 13.6 Å². The second-order valence-electron chi connectivity index (χ2n) is 5.04. The van der Waals surface area contributed by atoms with Crippen molar-refractivity contribution in [3.63, 3.8) is 0 Å². The summed E-state index contributed by atoms with van der Waals surface area (Å²) in [5.41, 5.74) is 3.35. The summed E-state index contributed by atoms with van der Waals surface area (Å²) in [5, 5.41) is 0. The Morgan fingerprint density at radius 2 is 2.10 bits per heavy atom. The Hall–Kier alpha value is -1.90. The van der Waals surface area contributed by atoms with Gasteiger partial charge in [-0.25, -0.2) is 4.39 Å². The van der Waals surface area contributed by atoms with Crippen LogP contribution in [-0.2, 0) is 4.79 Å². The zero-order valence-corrected chi connectivity index (χ0v) is 12.7. The number of ketones is 1. The topological polar surface area (TPSA) is 20.3 Å². The minimum atomic E-state index is -0.213. The van der Waals surface area contributed by atoms with Crippen LogP contribution in [0.2, 0.25) is 0 Å². The van der Waals surface area contributed by atoms with Crippen LogP contribution in [0.4, 0.5) is 4.39 Å². The lowest BCUT2D eigenvalue weighted by Gasteiger charge is -2.21. The zero-order chi connectivity index (χ0) is 15.3. The molecule has 0 bridgehead atoms. The molecule has 0 fully saturated rings. The van der Waals surface area contributed by atoms with Crippen LogP contribution in [0, 0.1) is 12.7 Å². The van der Waals surface area contributed by atoms with Crippen molar-refractivity contribution in [2.24, 2.45) is 0 Å². The van der Waals surface area contributed by atoms with Gasteiger partial charge in [0.05, 0.1) is 6.54 Å². The van der Waals surface area contributed by atoms with Gasteiger partial charge < -0.3 is 4.90 Å². The number of likely N-dealkylation sites (N-methyl/N-ethyl adjacent to an activating group) is 1. The van der Waals surface area contributed by atoms with Gasteiger partial charge in [0.15, 0.2) is 0 Å². The second-order valence-corrected chi connectivity index (χ2v) is 5.04. The molecule has 0 unspecified atom stereocenters. The Balaban J connectivity index is 2.96. The second kappa shape index (κ2) is 7.04. The third kappa shape index (κ3) is 4.34. The molecule has 0 radical (unpaired) electrons. The number of hydrogen-bond acceptors (Lipinski definition) is 2. The van der Waals surface area contributed by atoms with Gasteiger partial charge in [-0.1, -0.05) is 19.6 Å². The Labute approximate surface area is 120 Å². The highest BCUT2D eigenvalue weighted by Crippen LogP contribution is 2.20. The van der Waals surface area contributed by atoms with E-state index in [1.54, 1.807) is 26.0 Å². The number of carbonyl (C=O) groups excluding carboxylic acids is 1. The molecule has 108 valence electrons. The van der Waals surface area contributed by atoms with Crippen LogP contribution in [0.3, 0.4) is 0 Å². The van der Waals surface area contributed by atoms with Crippen molar-refractivity contribution >= 4 is 11.4 Å². The van der Waals surface area contributed by atoms with Crippen LogP contribution < -0.4 is 0 Å². The van der Waals surface area contributed by atoms with Crippen molar-refractivity contribution in [3.05, 3.63) is 53.5 Å². The fourth-order valence-corrected chi connectivity index (χ4v) is 2.05. The van der Waals surface area contributed by atoms with E-state index in [9.17, 15) is 9.18 Å². The minimum Gasteiger partial charge on any atom is -0.371 e. The highest BCUT2D eigenvalue weighted by atomic mass is 19.1. The molecule has 3 heteroatoms. The van der Waals surface area contributed by atoms with Gasteiger partial charge in [0, 0.05) is 12.7 Å². The van der Waals surface area contributed by atoms with E-state index in [4.69, 9.17) is 0 Å². The normalized spacial score (nSPS) is 11.3. The molecule has 2 nitrogen and oxygen atoms in total. The molecule has 0 aliphatic heterocycles. The van der Waals surface area contributed by atoms with E-state index in [0.29, 0.717) is 12.1 Å². The average molecular weight is 275 g/mol. The number of Topliss-reactive ketones (excluding diaryl/α,β-unsaturated/α-hetero) is 1. The van der Waals surface area contributed by atoms with E-state index in [-0.39, 0.29) is 11.6 Å². The zero-order valence-electron chi connectivity index (χ0n) is 12.7. The van der Waals surface area contributed by atoms with Gasteiger partial charge in [-0.15, -0.1) is 0 Å². The number of rotatable bonds is 6. The van der Waals surface area contributed by atoms with Gasteiger partial charge in [0.2, 0.25) is 0 Å². The van der Waals surface area contributed by atoms with Crippen LogP contribution in [0.25, 0.3) is 5.57 Å². The monoisotopic (exact) mass is 275 g/mol. The van der Waals surface area contributed by atoms with E-state index in [1.807, 2.05) is 24.9 Å². The van der Waals surface area contributed by atoms with Gasteiger partial charge in [-0.3, -0.25) is 4.79 Å². The fourth-order valence-electron chi connectivity index (χ4n) is 2.05. The van der Waals surface area contributed by atoms with E-state index in [1.165, 1.54) is 6.07 Å². The van der Waals surface area contributed by atoms with E-state index < -0.39 is 0 Å². The summed E-state index contributed by atoms with van der Waals surface area (Å²) in [4.78, 5) is 13.1. The van der Waals surface area contributed by atoms with E-state index in [0.717, 1.165) is 23.3 Å². The van der Waals surface area contributed by atoms with Crippen LogP contribution in [0.1, 0.15) is 31.4 Å². The van der Waals surface area contributed by atoms with E-state index in [2.05, 4.69) is 6.58 Å². The summed E-state index contributed by atoms with van der Waals surface area (Å²) >= 11 is 0. The summed E-state index contributed by atoms with van der Waals surface area (Å²) in [7, 11) is 1.89. The van der Waals surface area contributed by atoms with Crippen LogP contribution >= 0.6 is 0 Å². The molecule has 0 heterocycles. The van der Waals surface area contributed by atoms with Gasteiger partial charge in [0.1, 0.15) is 11.6 Å². The molecule has 1 aromatic carbocycles. The van der Waals surface area contributed by atoms with Gasteiger partial charge in [-0.2, -0.15) is 0 Å². The van der Waals surface area contributed by atoms with Crippen LogP contribution in [0.15, 0.2) is 36.6 Å². The number of benzene rings is 1. The van der Waals surface area contributed by atoms with Crippen molar-refractivity contribution < 1.29 is 9.18 Å². The summed E-state index contributed by atoms with van der Waals surface area (Å²) in [6.45, 7) is 9.76. The van der Waals surface area contributed by atoms with Crippen LogP contribution in [0.5, 0.6) is 0 Å². The first kappa shape index (κ1) is 16.2. The lowest BCUT2D eigenvalue weighted by atomic mass is 10.0. The summed E-state index contributed by atoms with van der Waals surface area (Å²) < 4.78 is 13.3. The number of nitrogens with zero attached hydrogens (tertiary/aromatic N) is 1. The molecular weight excluding hydrogens is 253 g/mol. The maximum atomic E-state index is 13.3. The molecule has 0 saturated heterocycles. The molecule has 0 spiro atoms.